The van der Waals surface area contributed by atoms with Crippen LogP contribution in [0.2, 0.25) is 0 Å². The van der Waals surface area contributed by atoms with Crippen molar-refractivity contribution in [1.29, 1.82) is 0 Å². The highest BCUT2D eigenvalue weighted by Gasteiger charge is 2.13. The van der Waals surface area contributed by atoms with Gasteiger partial charge in [-0.25, -0.2) is 0 Å². The number of hydrogen-bond donors (Lipinski definition) is 1. The second kappa shape index (κ2) is 11.8. The summed E-state index contributed by atoms with van der Waals surface area (Å²) >= 11 is 0. The van der Waals surface area contributed by atoms with E-state index < -0.39 is 0 Å². The third kappa shape index (κ3) is 7.22. The fourth-order valence-electron chi connectivity index (χ4n) is 2.78. The molecule has 158 valence electrons. The Morgan fingerprint density at radius 1 is 0.931 bits per heavy atom. The molecule has 0 bridgehead atoms. The minimum Gasteiger partial charge on any atom is -0.497 e. The lowest BCUT2D eigenvalue weighted by Crippen LogP contribution is -2.26. The largest absolute Gasteiger partial charge is 0.497 e. The van der Waals surface area contributed by atoms with Gasteiger partial charge in [0.05, 0.1) is 33.5 Å². The number of carbonyl (C=O) groups excluding carboxylic acids is 1. The molecule has 0 aliphatic carbocycles. The molecule has 2 aromatic carbocycles. The minimum absolute atomic E-state index is 0.0129. The number of nitrogens with one attached hydrogen (secondary N) is 1. The van der Waals surface area contributed by atoms with Crippen LogP contribution < -0.4 is 24.3 Å². The number of rotatable bonds is 12. The summed E-state index contributed by atoms with van der Waals surface area (Å²) in [6.07, 6.45) is 1.96. The molecule has 0 heterocycles. The molecule has 6 nitrogen and oxygen atoms in total. The normalized spacial score (nSPS) is 11.4. The van der Waals surface area contributed by atoms with Crippen LogP contribution in [0.25, 0.3) is 0 Å². The van der Waals surface area contributed by atoms with E-state index in [4.69, 9.17) is 18.9 Å². The van der Waals surface area contributed by atoms with Crippen molar-refractivity contribution in [2.75, 3.05) is 27.4 Å². The summed E-state index contributed by atoms with van der Waals surface area (Å²) in [6.45, 7) is 5.12. The zero-order chi connectivity index (χ0) is 21.1. The molecule has 0 saturated carbocycles. The highest BCUT2D eigenvalue weighted by Crippen LogP contribution is 2.30. The number of ether oxygens (including phenoxy) is 4. The first-order valence-electron chi connectivity index (χ1n) is 9.94. The molecule has 29 heavy (non-hydrogen) atoms. The molecule has 0 aliphatic rings. The van der Waals surface area contributed by atoms with Crippen LogP contribution in [0.4, 0.5) is 0 Å². The second-order valence-electron chi connectivity index (χ2n) is 6.68. The molecule has 2 aromatic rings. The Morgan fingerprint density at radius 3 is 2.31 bits per heavy atom. The van der Waals surface area contributed by atoms with Gasteiger partial charge in [-0.3, -0.25) is 4.79 Å². The molecule has 1 atom stereocenters. The third-order valence-corrected chi connectivity index (χ3v) is 4.40. The van der Waals surface area contributed by atoms with Crippen LogP contribution in [0.5, 0.6) is 23.0 Å². The van der Waals surface area contributed by atoms with Gasteiger partial charge in [-0.05, 0) is 61.7 Å². The molecular formula is C23H31NO5. The maximum Gasteiger partial charge on any atom is 0.220 e. The van der Waals surface area contributed by atoms with Crippen LogP contribution in [-0.2, 0) is 4.79 Å². The van der Waals surface area contributed by atoms with Crippen LogP contribution in [0.1, 0.15) is 44.7 Å². The Kier molecular flexibility index (Phi) is 9.15. The maximum absolute atomic E-state index is 12.2. The topological polar surface area (TPSA) is 66.0 Å². The SMILES string of the molecule is CCCOc1ccc(C(C)NC(=O)CCCOc2ccc(OC)cc2)cc1OC. The van der Waals surface area contributed by atoms with E-state index in [0.717, 1.165) is 23.5 Å². The van der Waals surface area contributed by atoms with Crippen LogP contribution >= 0.6 is 0 Å². The Morgan fingerprint density at radius 2 is 1.66 bits per heavy atom. The predicted octanol–water partition coefficient (Wildman–Crippen LogP) is 4.53. The summed E-state index contributed by atoms with van der Waals surface area (Å²) in [5.41, 5.74) is 0.966. The fraction of sp³-hybridized carbons (Fsp3) is 0.435. The standard InChI is InChI=1S/C23H31NO5/c1-5-14-29-21-13-8-18(16-22(21)27-4)17(2)24-23(25)7-6-15-28-20-11-9-19(26-3)10-12-20/h8-13,16-17H,5-7,14-15H2,1-4H3,(H,24,25). The number of methoxy groups -OCH3 is 2. The van der Waals surface area contributed by atoms with Crippen molar-refractivity contribution in [2.45, 2.75) is 39.2 Å². The summed E-state index contributed by atoms with van der Waals surface area (Å²) in [5.74, 6) is 2.92. The van der Waals surface area contributed by atoms with Gasteiger partial charge in [0.2, 0.25) is 5.91 Å². The third-order valence-electron chi connectivity index (χ3n) is 4.40. The van der Waals surface area contributed by atoms with Crippen LogP contribution in [0.15, 0.2) is 42.5 Å². The van der Waals surface area contributed by atoms with Crippen molar-refractivity contribution in [3.63, 3.8) is 0 Å². The molecule has 0 aromatic heterocycles. The lowest BCUT2D eigenvalue weighted by Gasteiger charge is -2.17. The molecule has 0 fully saturated rings. The van der Waals surface area contributed by atoms with Gasteiger partial charge in [-0.2, -0.15) is 0 Å². The van der Waals surface area contributed by atoms with Gasteiger partial charge in [0.1, 0.15) is 11.5 Å². The summed E-state index contributed by atoms with van der Waals surface area (Å²) in [6, 6.07) is 13.0. The lowest BCUT2D eigenvalue weighted by atomic mass is 10.1. The van der Waals surface area contributed by atoms with E-state index in [1.807, 2.05) is 49.4 Å². The van der Waals surface area contributed by atoms with E-state index in [0.29, 0.717) is 37.6 Å². The monoisotopic (exact) mass is 401 g/mol. The second-order valence-corrected chi connectivity index (χ2v) is 6.68. The number of hydrogen-bond acceptors (Lipinski definition) is 5. The van der Waals surface area contributed by atoms with Crippen molar-refractivity contribution in [3.05, 3.63) is 48.0 Å². The van der Waals surface area contributed by atoms with Gasteiger partial charge in [0.25, 0.3) is 0 Å². The van der Waals surface area contributed by atoms with Crippen molar-refractivity contribution < 1.29 is 23.7 Å². The lowest BCUT2D eigenvalue weighted by molar-refractivity contribution is -0.121. The number of carbonyl (C=O) groups is 1. The maximum atomic E-state index is 12.2. The molecule has 0 radical (unpaired) electrons. The smallest absolute Gasteiger partial charge is 0.220 e. The van der Waals surface area contributed by atoms with Gasteiger partial charge < -0.3 is 24.3 Å². The van der Waals surface area contributed by atoms with Crippen LogP contribution in [0, 0.1) is 0 Å². The minimum atomic E-state index is -0.126. The molecule has 1 unspecified atom stereocenters. The Bertz CT molecular complexity index is 760. The number of amides is 1. The van der Waals surface area contributed by atoms with Gasteiger partial charge in [0, 0.05) is 6.42 Å². The van der Waals surface area contributed by atoms with Crippen molar-refractivity contribution >= 4 is 5.91 Å². The summed E-state index contributed by atoms with van der Waals surface area (Å²) in [5, 5.41) is 3.02. The first kappa shape index (κ1) is 22.4. The molecule has 2 rings (SSSR count). The van der Waals surface area contributed by atoms with Crippen LogP contribution in [0.3, 0.4) is 0 Å². The highest BCUT2D eigenvalue weighted by atomic mass is 16.5. The first-order chi connectivity index (χ1) is 14.1. The molecule has 0 spiro atoms. The average Bonchev–Trinajstić information content (AvgIpc) is 2.75. The predicted molar refractivity (Wildman–Crippen MR) is 113 cm³/mol. The highest BCUT2D eigenvalue weighted by molar-refractivity contribution is 5.76. The molecule has 1 amide bonds. The molecule has 0 saturated heterocycles. The van der Waals surface area contributed by atoms with E-state index in [2.05, 4.69) is 12.2 Å². The summed E-state index contributed by atoms with van der Waals surface area (Å²) in [4.78, 5) is 12.2. The quantitative estimate of drug-likeness (QED) is 0.529. The van der Waals surface area contributed by atoms with Gasteiger partial charge in [-0.1, -0.05) is 13.0 Å². The Hall–Kier alpha value is -2.89. The average molecular weight is 402 g/mol. The summed E-state index contributed by atoms with van der Waals surface area (Å²) in [7, 11) is 3.24. The van der Waals surface area contributed by atoms with Gasteiger partial charge in [0.15, 0.2) is 11.5 Å². The van der Waals surface area contributed by atoms with E-state index in [1.54, 1.807) is 14.2 Å². The van der Waals surface area contributed by atoms with Crippen molar-refractivity contribution in [2.24, 2.45) is 0 Å². The first-order valence-corrected chi connectivity index (χ1v) is 9.94. The Labute approximate surface area is 173 Å². The zero-order valence-corrected chi connectivity index (χ0v) is 17.7. The fourth-order valence-corrected chi connectivity index (χ4v) is 2.78. The van der Waals surface area contributed by atoms with Crippen molar-refractivity contribution in [3.8, 4) is 23.0 Å². The Balaban J connectivity index is 1.77. The molecular weight excluding hydrogens is 370 g/mol. The van der Waals surface area contributed by atoms with E-state index in [1.165, 1.54) is 0 Å². The summed E-state index contributed by atoms with van der Waals surface area (Å²) < 4.78 is 21.9. The van der Waals surface area contributed by atoms with Crippen LogP contribution in [-0.4, -0.2) is 33.3 Å². The van der Waals surface area contributed by atoms with Gasteiger partial charge >= 0.3 is 0 Å². The molecule has 1 N–H and O–H groups in total. The van der Waals surface area contributed by atoms with E-state index in [9.17, 15) is 4.79 Å². The van der Waals surface area contributed by atoms with E-state index >= 15 is 0 Å². The number of benzene rings is 2. The zero-order valence-electron chi connectivity index (χ0n) is 17.7. The van der Waals surface area contributed by atoms with E-state index in [-0.39, 0.29) is 11.9 Å². The van der Waals surface area contributed by atoms with Gasteiger partial charge in [-0.15, -0.1) is 0 Å². The molecule has 6 heteroatoms. The molecule has 0 aliphatic heterocycles. The van der Waals surface area contributed by atoms with Crippen molar-refractivity contribution in [1.82, 2.24) is 5.32 Å².